The molecule has 0 aliphatic carbocycles. The van der Waals surface area contributed by atoms with Crippen LogP contribution in [0.1, 0.15) is 25.3 Å². The van der Waals surface area contributed by atoms with Crippen molar-refractivity contribution in [1.29, 1.82) is 0 Å². The third-order valence-electron chi connectivity index (χ3n) is 4.80. The molecule has 1 aliphatic rings. The Morgan fingerprint density at radius 1 is 1.19 bits per heavy atom. The minimum Gasteiger partial charge on any atom is -0.484 e. The second-order valence-electron chi connectivity index (χ2n) is 6.96. The zero-order valence-corrected chi connectivity index (χ0v) is 16.1. The van der Waals surface area contributed by atoms with Gasteiger partial charge in [-0.15, -0.1) is 0 Å². The lowest BCUT2D eigenvalue weighted by Gasteiger charge is -2.32. The van der Waals surface area contributed by atoms with Gasteiger partial charge in [-0.05, 0) is 73.7 Å². The first-order valence-corrected chi connectivity index (χ1v) is 9.43. The summed E-state index contributed by atoms with van der Waals surface area (Å²) < 4.78 is 5.53. The minimum atomic E-state index is -0.183. The van der Waals surface area contributed by atoms with Crippen molar-refractivity contribution in [3.63, 3.8) is 0 Å². The van der Waals surface area contributed by atoms with Crippen LogP contribution < -0.4 is 15.0 Å². The topological polar surface area (TPSA) is 41.6 Å². The van der Waals surface area contributed by atoms with E-state index in [2.05, 4.69) is 29.3 Å². The van der Waals surface area contributed by atoms with Crippen molar-refractivity contribution in [2.75, 3.05) is 29.9 Å². The number of rotatable bonds is 5. The number of carbonyl (C=O) groups is 1. The molecule has 0 saturated carbocycles. The van der Waals surface area contributed by atoms with Crippen LogP contribution in [0.25, 0.3) is 0 Å². The first-order chi connectivity index (χ1) is 12.5. The fourth-order valence-corrected chi connectivity index (χ4v) is 3.19. The number of nitrogens with zero attached hydrogens (tertiary/aromatic N) is 1. The average molecular weight is 373 g/mol. The standard InChI is InChI=1S/C21H25ClN2O2/c1-15-9-11-24(12-10-15)18-5-3-17(4-6-18)23-21(25)14-26-19-7-8-20(22)16(2)13-19/h3-8,13,15H,9-12,14H2,1-2H3,(H,23,25). The maximum Gasteiger partial charge on any atom is 0.262 e. The van der Waals surface area contributed by atoms with E-state index in [-0.39, 0.29) is 12.5 Å². The van der Waals surface area contributed by atoms with Crippen molar-refractivity contribution in [1.82, 2.24) is 0 Å². The molecule has 0 bridgehead atoms. The van der Waals surface area contributed by atoms with Gasteiger partial charge in [-0.2, -0.15) is 0 Å². The quantitative estimate of drug-likeness (QED) is 0.811. The van der Waals surface area contributed by atoms with E-state index in [9.17, 15) is 4.79 Å². The van der Waals surface area contributed by atoms with Gasteiger partial charge in [0.1, 0.15) is 5.75 Å². The van der Waals surface area contributed by atoms with Crippen LogP contribution >= 0.6 is 11.6 Å². The summed E-state index contributed by atoms with van der Waals surface area (Å²) in [5, 5.41) is 3.55. The highest BCUT2D eigenvalue weighted by Crippen LogP contribution is 2.24. The molecule has 0 atom stereocenters. The van der Waals surface area contributed by atoms with Crippen LogP contribution in [0.2, 0.25) is 5.02 Å². The lowest BCUT2D eigenvalue weighted by molar-refractivity contribution is -0.118. The predicted octanol–water partition coefficient (Wildman–Crippen LogP) is 4.90. The predicted molar refractivity (Wildman–Crippen MR) is 107 cm³/mol. The van der Waals surface area contributed by atoms with E-state index >= 15 is 0 Å². The highest BCUT2D eigenvalue weighted by atomic mass is 35.5. The molecule has 0 radical (unpaired) electrons. The molecule has 26 heavy (non-hydrogen) atoms. The molecule has 0 aromatic heterocycles. The van der Waals surface area contributed by atoms with Crippen LogP contribution in [-0.2, 0) is 4.79 Å². The molecule has 2 aromatic rings. The number of hydrogen-bond donors (Lipinski definition) is 1. The normalized spacial score (nSPS) is 15.0. The molecule has 4 nitrogen and oxygen atoms in total. The lowest BCUT2D eigenvalue weighted by atomic mass is 9.99. The lowest BCUT2D eigenvalue weighted by Crippen LogP contribution is -2.32. The summed E-state index contributed by atoms with van der Waals surface area (Å²) >= 11 is 5.99. The molecular formula is C21H25ClN2O2. The van der Waals surface area contributed by atoms with Gasteiger partial charge in [0.15, 0.2) is 6.61 Å². The van der Waals surface area contributed by atoms with Crippen molar-refractivity contribution >= 4 is 28.9 Å². The molecule has 3 rings (SSSR count). The summed E-state index contributed by atoms with van der Waals surface area (Å²) in [6.45, 7) is 6.37. The number of anilines is 2. The molecule has 2 aromatic carbocycles. The van der Waals surface area contributed by atoms with Crippen LogP contribution in [0, 0.1) is 12.8 Å². The largest absolute Gasteiger partial charge is 0.484 e. The minimum absolute atomic E-state index is 0.0349. The molecule has 1 heterocycles. The van der Waals surface area contributed by atoms with Crippen molar-refractivity contribution in [2.45, 2.75) is 26.7 Å². The van der Waals surface area contributed by atoms with Gasteiger partial charge >= 0.3 is 0 Å². The van der Waals surface area contributed by atoms with E-state index < -0.39 is 0 Å². The number of amides is 1. The first-order valence-electron chi connectivity index (χ1n) is 9.05. The Kier molecular flexibility index (Phi) is 6.04. The average Bonchev–Trinajstić information content (AvgIpc) is 2.64. The van der Waals surface area contributed by atoms with Gasteiger partial charge < -0.3 is 15.0 Å². The van der Waals surface area contributed by atoms with Gasteiger partial charge in [0.2, 0.25) is 0 Å². The van der Waals surface area contributed by atoms with Crippen LogP contribution in [0.3, 0.4) is 0 Å². The fraction of sp³-hybridized carbons (Fsp3) is 0.381. The van der Waals surface area contributed by atoms with Crippen molar-refractivity contribution in [2.24, 2.45) is 5.92 Å². The molecular weight excluding hydrogens is 348 g/mol. The van der Waals surface area contributed by atoms with Gasteiger partial charge in [0.25, 0.3) is 5.91 Å². The molecule has 1 fully saturated rings. The van der Waals surface area contributed by atoms with Crippen molar-refractivity contribution in [3.8, 4) is 5.75 Å². The number of halogens is 1. The Bertz CT molecular complexity index is 753. The van der Waals surface area contributed by atoms with Gasteiger partial charge in [-0.25, -0.2) is 0 Å². The van der Waals surface area contributed by atoms with E-state index in [1.807, 2.05) is 25.1 Å². The zero-order chi connectivity index (χ0) is 18.5. The molecule has 1 saturated heterocycles. The van der Waals surface area contributed by atoms with Gasteiger partial charge in [-0.1, -0.05) is 18.5 Å². The highest BCUT2D eigenvalue weighted by molar-refractivity contribution is 6.31. The molecule has 1 aliphatic heterocycles. The summed E-state index contributed by atoms with van der Waals surface area (Å²) in [7, 11) is 0. The Balaban J connectivity index is 1.50. The molecule has 1 amide bonds. The SMILES string of the molecule is Cc1cc(OCC(=O)Nc2ccc(N3CCC(C)CC3)cc2)ccc1Cl. The van der Waals surface area contributed by atoms with E-state index in [1.54, 1.807) is 12.1 Å². The second-order valence-corrected chi connectivity index (χ2v) is 7.37. The van der Waals surface area contributed by atoms with E-state index in [0.717, 1.165) is 30.3 Å². The van der Waals surface area contributed by atoms with E-state index in [0.29, 0.717) is 10.8 Å². The number of hydrogen-bond acceptors (Lipinski definition) is 3. The summed E-state index contributed by atoms with van der Waals surface area (Å²) in [6, 6.07) is 13.4. The molecule has 0 spiro atoms. The van der Waals surface area contributed by atoms with Gasteiger partial charge in [0.05, 0.1) is 0 Å². The summed E-state index contributed by atoms with van der Waals surface area (Å²) in [4.78, 5) is 14.5. The monoisotopic (exact) mass is 372 g/mol. The van der Waals surface area contributed by atoms with Gasteiger partial charge in [0, 0.05) is 29.5 Å². The van der Waals surface area contributed by atoms with Crippen molar-refractivity contribution in [3.05, 3.63) is 53.1 Å². The van der Waals surface area contributed by atoms with Crippen LogP contribution in [0.5, 0.6) is 5.75 Å². The van der Waals surface area contributed by atoms with E-state index in [4.69, 9.17) is 16.3 Å². The Hall–Kier alpha value is -2.20. The second kappa shape index (κ2) is 8.45. The smallest absolute Gasteiger partial charge is 0.262 e. The first kappa shape index (κ1) is 18.6. The number of benzene rings is 2. The third-order valence-corrected chi connectivity index (χ3v) is 5.22. The molecule has 1 N–H and O–H groups in total. The highest BCUT2D eigenvalue weighted by Gasteiger charge is 2.16. The number of ether oxygens (including phenoxy) is 1. The van der Waals surface area contributed by atoms with E-state index in [1.165, 1.54) is 18.5 Å². The van der Waals surface area contributed by atoms with Crippen molar-refractivity contribution < 1.29 is 9.53 Å². The summed E-state index contributed by atoms with van der Waals surface area (Å²) in [6.07, 6.45) is 2.47. The molecule has 0 unspecified atom stereocenters. The maximum atomic E-state index is 12.1. The Morgan fingerprint density at radius 3 is 2.54 bits per heavy atom. The van der Waals surface area contributed by atoms with Crippen LogP contribution in [-0.4, -0.2) is 25.6 Å². The third kappa shape index (κ3) is 4.92. The zero-order valence-electron chi connectivity index (χ0n) is 15.3. The van der Waals surface area contributed by atoms with Gasteiger partial charge in [-0.3, -0.25) is 4.79 Å². The van der Waals surface area contributed by atoms with Crippen LogP contribution in [0.4, 0.5) is 11.4 Å². The number of nitrogens with one attached hydrogen (secondary N) is 1. The maximum absolute atomic E-state index is 12.1. The fourth-order valence-electron chi connectivity index (χ4n) is 3.08. The number of aryl methyl sites for hydroxylation is 1. The number of piperidine rings is 1. The number of carbonyl (C=O) groups excluding carboxylic acids is 1. The van der Waals surface area contributed by atoms with Crippen LogP contribution in [0.15, 0.2) is 42.5 Å². The summed E-state index contributed by atoms with van der Waals surface area (Å²) in [5.41, 5.74) is 2.91. The molecule has 138 valence electrons. The summed E-state index contributed by atoms with van der Waals surface area (Å²) in [5.74, 6) is 1.27. The Morgan fingerprint density at radius 2 is 1.88 bits per heavy atom. The molecule has 5 heteroatoms. The Labute approximate surface area is 160 Å².